The minimum Gasteiger partial charge on any atom is -0.508 e. The smallest absolute Gasteiger partial charge is 0.287 e. The summed E-state index contributed by atoms with van der Waals surface area (Å²) in [6, 6.07) is 15.2. The number of furan rings is 1. The van der Waals surface area contributed by atoms with Crippen LogP contribution in [0.3, 0.4) is 0 Å². The summed E-state index contributed by atoms with van der Waals surface area (Å²) >= 11 is 0. The fraction of sp³-hybridized carbons (Fsp3) is 0.286. The lowest BCUT2D eigenvalue weighted by Gasteiger charge is -2.32. The summed E-state index contributed by atoms with van der Waals surface area (Å²) in [5.41, 5.74) is 1.19. The van der Waals surface area contributed by atoms with Crippen molar-refractivity contribution in [1.82, 2.24) is 10.2 Å². The van der Waals surface area contributed by atoms with Crippen molar-refractivity contribution >= 4 is 16.7 Å². The number of amides is 1. The average Bonchev–Trinajstić information content (AvgIpc) is 3.09. The zero-order valence-electron chi connectivity index (χ0n) is 14.5. The molecule has 0 unspecified atom stereocenters. The van der Waals surface area contributed by atoms with Gasteiger partial charge >= 0.3 is 0 Å². The van der Waals surface area contributed by atoms with Crippen LogP contribution in [0.25, 0.3) is 10.8 Å². The summed E-state index contributed by atoms with van der Waals surface area (Å²) in [5.74, 6) is 0.552. The van der Waals surface area contributed by atoms with Crippen LogP contribution < -0.4 is 5.32 Å². The Morgan fingerprint density at radius 3 is 2.62 bits per heavy atom. The minimum absolute atomic E-state index is 0.136. The summed E-state index contributed by atoms with van der Waals surface area (Å²) in [6.45, 7) is 2.74. The second-order valence-electron chi connectivity index (χ2n) is 6.84. The Bertz CT molecular complexity index is 893. The van der Waals surface area contributed by atoms with Crippen LogP contribution in [0.4, 0.5) is 0 Å². The van der Waals surface area contributed by atoms with Gasteiger partial charge in [-0.1, -0.05) is 36.4 Å². The normalized spacial score (nSPS) is 16.0. The number of likely N-dealkylation sites (tertiary alicyclic amines) is 1. The largest absolute Gasteiger partial charge is 0.508 e. The predicted molar refractivity (Wildman–Crippen MR) is 100 cm³/mol. The summed E-state index contributed by atoms with van der Waals surface area (Å²) in [5, 5.41) is 14.3. The number of fused-ring (bicyclic) bond motifs is 1. The fourth-order valence-electron chi connectivity index (χ4n) is 3.51. The molecule has 0 radical (unpaired) electrons. The molecule has 1 aliphatic heterocycles. The van der Waals surface area contributed by atoms with Crippen molar-refractivity contribution in [1.29, 1.82) is 0 Å². The zero-order valence-corrected chi connectivity index (χ0v) is 14.5. The van der Waals surface area contributed by atoms with Gasteiger partial charge in [-0.2, -0.15) is 0 Å². The van der Waals surface area contributed by atoms with Crippen molar-refractivity contribution < 1.29 is 14.3 Å². The fourth-order valence-corrected chi connectivity index (χ4v) is 3.51. The third-order valence-electron chi connectivity index (χ3n) is 4.98. The van der Waals surface area contributed by atoms with Gasteiger partial charge in [-0.3, -0.25) is 9.69 Å². The van der Waals surface area contributed by atoms with E-state index in [1.54, 1.807) is 18.4 Å². The van der Waals surface area contributed by atoms with Crippen molar-refractivity contribution in [2.45, 2.75) is 25.4 Å². The van der Waals surface area contributed by atoms with E-state index >= 15 is 0 Å². The minimum atomic E-state index is -0.136. The monoisotopic (exact) mass is 350 g/mol. The summed E-state index contributed by atoms with van der Waals surface area (Å²) in [6.07, 6.45) is 3.47. The van der Waals surface area contributed by atoms with E-state index in [2.05, 4.69) is 10.2 Å². The van der Waals surface area contributed by atoms with E-state index in [1.165, 1.54) is 5.56 Å². The maximum Gasteiger partial charge on any atom is 0.287 e. The number of piperidine rings is 1. The molecular weight excluding hydrogens is 328 g/mol. The molecular formula is C21H22N2O3. The molecule has 0 saturated carbocycles. The first-order chi connectivity index (χ1) is 12.7. The van der Waals surface area contributed by atoms with E-state index in [4.69, 9.17) is 4.42 Å². The topological polar surface area (TPSA) is 65.7 Å². The summed E-state index contributed by atoms with van der Waals surface area (Å²) in [7, 11) is 0. The van der Waals surface area contributed by atoms with Gasteiger partial charge in [-0.25, -0.2) is 0 Å². The van der Waals surface area contributed by atoms with E-state index in [0.29, 0.717) is 11.5 Å². The molecule has 0 bridgehead atoms. The van der Waals surface area contributed by atoms with Gasteiger partial charge in [0.05, 0.1) is 6.26 Å². The molecule has 1 aliphatic rings. The lowest BCUT2D eigenvalue weighted by atomic mass is 10.0. The van der Waals surface area contributed by atoms with Crippen molar-refractivity contribution in [2.24, 2.45) is 0 Å². The second kappa shape index (κ2) is 7.22. The molecule has 1 aromatic heterocycles. The highest BCUT2D eigenvalue weighted by atomic mass is 16.3. The van der Waals surface area contributed by atoms with Crippen LogP contribution >= 0.6 is 0 Å². The Hall–Kier alpha value is -2.79. The van der Waals surface area contributed by atoms with E-state index in [-0.39, 0.29) is 11.9 Å². The SMILES string of the molecule is O=C(NC1CCN(Cc2ccc(O)cc2)CC1)c1occ2ccccc12. The van der Waals surface area contributed by atoms with Gasteiger partial charge in [-0.15, -0.1) is 0 Å². The number of nitrogens with one attached hydrogen (secondary N) is 1. The Kier molecular flexibility index (Phi) is 4.63. The number of hydrogen-bond acceptors (Lipinski definition) is 4. The molecule has 0 spiro atoms. The number of aromatic hydroxyl groups is 1. The predicted octanol–water partition coefficient (Wildman–Crippen LogP) is 3.53. The molecule has 0 aliphatic carbocycles. The first-order valence-electron chi connectivity index (χ1n) is 8.96. The van der Waals surface area contributed by atoms with Gasteiger partial charge in [-0.05, 0) is 30.5 Å². The third-order valence-corrected chi connectivity index (χ3v) is 4.98. The van der Waals surface area contributed by atoms with E-state index in [9.17, 15) is 9.90 Å². The van der Waals surface area contributed by atoms with Crippen molar-refractivity contribution in [3.05, 3.63) is 66.1 Å². The van der Waals surface area contributed by atoms with Crippen LogP contribution in [0, 0.1) is 0 Å². The molecule has 2 aromatic carbocycles. The molecule has 5 nitrogen and oxygen atoms in total. The van der Waals surface area contributed by atoms with E-state index < -0.39 is 0 Å². The highest BCUT2D eigenvalue weighted by molar-refractivity contribution is 6.04. The van der Waals surface area contributed by atoms with Crippen molar-refractivity contribution in [3.8, 4) is 5.75 Å². The highest BCUT2D eigenvalue weighted by Crippen LogP contribution is 2.21. The van der Waals surface area contributed by atoms with Crippen LogP contribution in [0.15, 0.2) is 59.2 Å². The number of nitrogens with zero attached hydrogens (tertiary/aromatic N) is 1. The molecule has 2 N–H and O–H groups in total. The van der Waals surface area contributed by atoms with Gasteiger partial charge in [0.15, 0.2) is 5.76 Å². The molecule has 4 rings (SSSR count). The Morgan fingerprint density at radius 1 is 1.12 bits per heavy atom. The van der Waals surface area contributed by atoms with Crippen LogP contribution in [0.2, 0.25) is 0 Å². The second-order valence-corrected chi connectivity index (χ2v) is 6.84. The third kappa shape index (κ3) is 3.58. The lowest BCUT2D eigenvalue weighted by Crippen LogP contribution is -2.44. The summed E-state index contributed by atoms with van der Waals surface area (Å²) < 4.78 is 5.49. The molecule has 0 atom stereocenters. The number of phenolic OH excluding ortho intramolecular Hbond substituents is 1. The molecule has 2 heterocycles. The molecule has 26 heavy (non-hydrogen) atoms. The van der Waals surface area contributed by atoms with Crippen molar-refractivity contribution in [2.75, 3.05) is 13.1 Å². The average molecular weight is 350 g/mol. The number of benzene rings is 2. The summed E-state index contributed by atoms with van der Waals surface area (Å²) in [4.78, 5) is 14.9. The van der Waals surface area contributed by atoms with Gasteiger partial charge in [0.2, 0.25) is 0 Å². The lowest BCUT2D eigenvalue weighted by molar-refractivity contribution is 0.0883. The number of carbonyl (C=O) groups is 1. The zero-order chi connectivity index (χ0) is 17.9. The van der Waals surface area contributed by atoms with Crippen LogP contribution in [-0.4, -0.2) is 35.0 Å². The molecule has 1 amide bonds. The van der Waals surface area contributed by atoms with Crippen molar-refractivity contribution in [3.63, 3.8) is 0 Å². The standard InChI is InChI=1S/C21H22N2O3/c24-18-7-5-15(6-8-18)13-23-11-9-17(10-12-23)22-21(25)20-19-4-2-1-3-16(19)14-26-20/h1-8,14,17,24H,9-13H2,(H,22,25). The first kappa shape index (κ1) is 16.7. The van der Waals surface area contributed by atoms with Gasteiger partial charge < -0.3 is 14.8 Å². The number of phenols is 1. The molecule has 5 heteroatoms. The van der Waals surface area contributed by atoms with Crippen LogP contribution in [-0.2, 0) is 6.54 Å². The Morgan fingerprint density at radius 2 is 1.85 bits per heavy atom. The van der Waals surface area contributed by atoms with Gasteiger partial charge in [0.25, 0.3) is 5.91 Å². The van der Waals surface area contributed by atoms with Gasteiger partial charge in [0.1, 0.15) is 5.75 Å². The van der Waals surface area contributed by atoms with Gasteiger partial charge in [0, 0.05) is 36.4 Å². The maximum absolute atomic E-state index is 12.6. The quantitative estimate of drug-likeness (QED) is 0.755. The number of carbonyl (C=O) groups excluding carboxylic acids is 1. The Balaban J connectivity index is 1.32. The molecule has 1 fully saturated rings. The highest BCUT2D eigenvalue weighted by Gasteiger charge is 2.23. The molecule has 134 valence electrons. The van der Waals surface area contributed by atoms with Crippen LogP contribution in [0.1, 0.15) is 29.0 Å². The molecule has 1 saturated heterocycles. The van der Waals surface area contributed by atoms with E-state index in [0.717, 1.165) is 43.2 Å². The number of rotatable bonds is 4. The maximum atomic E-state index is 12.6. The van der Waals surface area contributed by atoms with E-state index in [1.807, 2.05) is 36.4 Å². The van der Waals surface area contributed by atoms with Crippen LogP contribution in [0.5, 0.6) is 5.75 Å². The first-order valence-corrected chi connectivity index (χ1v) is 8.96. The number of hydrogen-bond donors (Lipinski definition) is 2. The Labute approximate surface area is 152 Å². The molecule has 3 aromatic rings.